The van der Waals surface area contributed by atoms with Crippen LogP contribution in [0.4, 0.5) is 15.8 Å². The van der Waals surface area contributed by atoms with Crippen LogP contribution in [0.15, 0.2) is 72.8 Å². The third-order valence-electron chi connectivity index (χ3n) is 5.02. The van der Waals surface area contributed by atoms with Gasteiger partial charge in [-0.15, -0.1) is 0 Å². The summed E-state index contributed by atoms with van der Waals surface area (Å²) in [5.74, 6) is -0.589. The summed E-state index contributed by atoms with van der Waals surface area (Å²) in [6.45, 7) is 1.44. The Bertz CT molecular complexity index is 1250. The predicted molar refractivity (Wildman–Crippen MR) is 121 cm³/mol. The van der Waals surface area contributed by atoms with Gasteiger partial charge in [0.1, 0.15) is 5.82 Å². The zero-order chi connectivity index (χ0) is 21.8. The second kappa shape index (κ2) is 8.83. The normalized spacial score (nSPS) is 10.8. The highest BCUT2D eigenvalue weighted by atomic mass is 19.1. The number of aryl methyl sites for hydroxylation is 1. The topological polar surface area (TPSA) is 74.0 Å². The number of anilines is 2. The second-order valence-electron chi connectivity index (χ2n) is 7.34. The molecule has 0 radical (unpaired) electrons. The molecule has 3 N–H and O–H groups in total. The second-order valence-corrected chi connectivity index (χ2v) is 7.34. The van der Waals surface area contributed by atoms with E-state index in [9.17, 15) is 14.0 Å². The SMILES string of the molecule is CC(=O)Nc1cccc(NC(=O)CCc2c(-c3ccc(F)cc3)[nH]c3ccccc23)c1. The fraction of sp³-hybridized carbons (Fsp3) is 0.120. The summed E-state index contributed by atoms with van der Waals surface area (Å²) in [4.78, 5) is 27.2. The fourth-order valence-corrected chi connectivity index (χ4v) is 3.66. The predicted octanol–water partition coefficient (Wildman–Crippen LogP) is 5.50. The third-order valence-corrected chi connectivity index (χ3v) is 5.02. The first-order chi connectivity index (χ1) is 15.0. The molecule has 0 aliphatic heterocycles. The lowest BCUT2D eigenvalue weighted by Crippen LogP contribution is -2.13. The zero-order valence-corrected chi connectivity index (χ0v) is 17.0. The zero-order valence-electron chi connectivity index (χ0n) is 17.0. The summed E-state index contributed by atoms with van der Waals surface area (Å²) in [5, 5.41) is 6.63. The van der Waals surface area contributed by atoms with E-state index in [0.29, 0.717) is 17.8 Å². The van der Waals surface area contributed by atoms with Gasteiger partial charge < -0.3 is 15.6 Å². The first-order valence-corrected chi connectivity index (χ1v) is 10.0. The molecule has 31 heavy (non-hydrogen) atoms. The van der Waals surface area contributed by atoms with Gasteiger partial charge in [0.2, 0.25) is 11.8 Å². The van der Waals surface area contributed by atoms with Crippen molar-refractivity contribution < 1.29 is 14.0 Å². The Hall–Kier alpha value is -3.93. The summed E-state index contributed by atoms with van der Waals surface area (Å²) in [5.41, 5.74) is 5.00. The number of aromatic nitrogens is 1. The maximum absolute atomic E-state index is 13.4. The minimum Gasteiger partial charge on any atom is -0.354 e. The average Bonchev–Trinajstić information content (AvgIpc) is 3.11. The fourth-order valence-electron chi connectivity index (χ4n) is 3.66. The highest BCUT2D eigenvalue weighted by molar-refractivity contribution is 5.95. The Morgan fingerprint density at radius 1 is 0.903 bits per heavy atom. The number of fused-ring (bicyclic) bond motifs is 1. The van der Waals surface area contributed by atoms with Gasteiger partial charge in [-0.05, 0) is 66.1 Å². The number of hydrogen-bond donors (Lipinski definition) is 3. The van der Waals surface area contributed by atoms with Crippen LogP contribution in [0.2, 0.25) is 0 Å². The Balaban J connectivity index is 1.53. The summed E-state index contributed by atoms with van der Waals surface area (Å²) >= 11 is 0. The number of para-hydroxylation sites is 1. The van der Waals surface area contributed by atoms with Gasteiger partial charge in [-0.25, -0.2) is 4.39 Å². The van der Waals surface area contributed by atoms with Gasteiger partial charge in [0.15, 0.2) is 0 Å². The lowest BCUT2D eigenvalue weighted by molar-refractivity contribution is -0.116. The van der Waals surface area contributed by atoms with Crippen molar-refractivity contribution in [1.29, 1.82) is 0 Å². The van der Waals surface area contributed by atoms with E-state index < -0.39 is 0 Å². The minimum absolute atomic E-state index is 0.129. The van der Waals surface area contributed by atoms with E-state index in [4.69, 9.17) is 0 Å². The largest absolute Gasteiger partial charge is 0.354 e. The molecule has 1 heterocycles. The molecule has 1 aromatic heterocycles. The molecule has 0 aliphatic carbocycles. The Morgan fingerprint density at radius 2 is 1.61 bits per heavy atom. The van der Waals surface area contributed by atoms with Crippen LogP contribution in [0.25, 0.3) is 22.2 Å². The van der Waals surface area contributed by atoms with E-state index in [-0.39, 0.29) is 24.1 Å². The van der Waals surface area contributed by atoms with Crippen molar-refractivity contribution in [1.82, 2.24) is 4.98 Å². The smallest absolute Gasteiger partial charge is 0.224 e. The first kappa shape index (κ1) is 20.3. The van der Waals surface area contributed by atoms with Gasteiger partial charge in [0, 0.05) is 41.3 Å². The van der Waals surface area contributed by atoms with Crippen LogP contribution >= 0.6 is 0 Å². The first-order valence-electron chi connectivity index (χ1n) is 10.0. The molecule has 0 aliphatic rings. The number of carbonyl (C=O) groups is 2. The third kappa shape index (κ3) is 4.80. The van der Waals surface area contributed by atoms with Crippen molar-refractivity contribution in [3.05, 3.63) is 84.2 Å². The number of hydrogen-bond acceptors (Lipinski definition) is 2. The van der Waals surface area contributed by atoms with Crippen molar-refractivity contribution in [2.45, 2.75) is 19.8 Å². The summed E-state index contributed by atoms with van der Waals surface area (Å²) in [6.07, 6.45) is 0.800. The van der Waals surface area contributed by atoms with Crippen molar-refractivity contribution in [2.24, 2.45) is 0 Å². The maximum atomic E-state index is 13.4. The molecule has 4 rings (SSSR count). The molecule has 5 nitrogen and oxygen atoms in total. The molecule has 0 atom stereocenters. The van der Waals surface area contributed by atoms with Crippen LogP contribution in [0.1, 0.15) is 18.9 Å². The number of amides is 2. The Kier molecular flexibility index (Phi) is 5.80. The number of aromatic amines is 1. The van der Waals surface area contributed by atoms with Crippen LogP contribution in [0, 0.1) is 5.82 Å². The Morgan fingerprint density at radius 3 is 2.35 bits per heavy atom. The molecule has 0 saturated carbocycles. The summed E-state index contributed by atoms with van der Waals surface area (Å²) < 4.78 is 13.4. The molecule has 156 valence electrons. The number of nitrogens with one attached hydrogen (secondary N) is 3. The van der Waals surface area contributed by atoms with Crippen LogP contribution in [-0.2, 0) is 16.0 Å². The molecular formula is C25H22FN3O2. The van der Waals surface area contributed by atoms with Crippen LogP contribution in [0.5, 0.6) is 0 Å². The van der Waals surface area contributed by atoms with Gasteiger partial charge in [-0.3, -0.25) is 9.59 Å². The molecule has 0 unspecified atom stereocenters. The lowest BCUT2D eigenvalue weighted by Gasteiger charge is -2.09. The van der Waals surface area contributed by atoms with Gasteiger partial charge in [-0.1, -0.05) is 24.3 Å². The quantitative estimate of drug-likeness (QED) is 0.389. The highest BCUT2D eigenvalue weighted by Crippen LogP contribution is 2.31. The molecular weight excluding hydrogens is 393 g/mol. The van der Waals surface area contributed by atoms with E-state index in [1.165, 1.54) is 19.1 Å². The number of benzene rings is 3. The van der Waals surface area contributed by atoms with Crippen molar-refractivity contribution >= 4 is 34.1 Å². The highest BCUT2D eigenvalue weighted by Gasteiger charge is 2.15. The number of carbonyl (C=O) groups excluding carboxylic acids is 2. The van der Waals surface area contributed by atoms with E-state index in [1.807, 2.05) is 24.3 Å². The van der Waals surface area contributed by atoms with Gasteiger partial charge >= 0.3 is 0 Å². The molecule has 6 heteroatoms. The van der Waals surface area contributed by atoms with Crippen molar-refractivity contribution in [3.63, 3.8) is 0 Å². The maximum Gasteiger partial charge on any atom is 0.224 e. The van der Waals surface area contributed by atoms with E-state index in [1.54, 1.807) is 36.4 Å². The van der Waals surface area contributed by atoms with Crippen molar-refractivity contribution in [2.75, 3.05) is 10.6 Å². The van der Waals surface area contributed by atoms with E-state index in [0.717, 1.165) is 27.7 Å². The van der Waals surface area contributed by atoms with Crippen LogP contribution < -0.4 is 10.6 Å². The molecule has 4 aromatic rings. The van der Waals surface area contributed by atoms with Crippen molar-refractivity contribution in [3.8, 4) is 11.3 Å². The molecule has 2 amide bonds. The molecule has 0 fully saturated rings. The van der Waals surface area contributed by atoms with E-state index >= 15 is 0 Å². The monoisotopic (exact) mass is 415 g/mol. The molecule has 0 saturated heterocycles. The number of halogens is 1. The van der Waals surface area contributed by atoms with Crippen LogP contribution in [-0.4, -0.2) is 16.8 Å². The van der Waals surface area contributed by atoms with Gasteiger partial charge in [0.25, 0.3) is 0 Å². The standard InChI is InChI=1S/C25H22FN3O2/c1-16(30)27-19-5-4-6-20(15-19)28-24(31)14-13-22-21-7-2-3-8-23(21)29-25(22)17-9-11-18(26)12-10-17/h2-12,15,29H,13-14H2,1H3,(H,27,30)(H,28,31). The molecule has 0 spiro atoms. The van der Waals surface area contributed by atoms with Gasteiger partial charge in [0.05, 0.1) is 0 Å². The molecule has 0 bridgehead atoms. The Labute approximate surface area is 179 Å². The summed E-state index contributed by atoms with van der Waals surface area (Å²) in [6, 6.07) is 21.3. The average molecular weight is 415 g/mol. The van der Waals surface area contributed by atoms with Crippen LogP contribution in [0.3, 0.4) is 0 Å². The summed E-state index contributed by atoms with van der Waals surface area (Å²) in [7, 11) is 0. The number of H-pyrrole nitrogens is 1. The van der Waals surface area contributed by atoms with Gasteiger partial charge in [-0.2, -0.15) is 0 Å². The molecule has 3 aromatic carbocycles. The van der Waals surface area contributed by atoms with E-state index in [2.05, 4.69) is 15.6 Å². The lowest BCUT2D eigenvalue weighted by atomic mass is 10.0. The number of rotatable bonds is 6. The minimum atomic E-state index is -0.290.